The Morgan fingerprint density at radius 1 is 1.12 bits per heavy atom. The molecule has 0 atom stereocenters. The van der Waals surface area contributed by atoms with Crippen LogP contribution in [0.1, 0.15) is 32.8 Å². The normalized spacial score (nSPS) is 15.2. The van der Waals surface area contributed by atoms with Crippen molar-refractivity contribution in [2.75, 3.05) is 13.2 Å². The molecular formula is C26H27N3O2S2. The quantitative estimate of drug-likeness (QED) is 0.286. The van der Waals surface area contributed by atoms with Gasteiger partial charge in [0.05, 0.1) is 22.9 Å². The van der Waals surface area contributed by atoms with E-state index in [1.54, 1.807) is 4.90 Å². The van der Waals surface area contributed by atoms with Crippen LogP contribution in [0.3, 0.4) is 0 Å². The first-order chi connectivity index (χ1) is 16.0. The lowest BCUT2D eigenvalue weighted by molar-refractivity contribution is -0.122. The minimum Gasteiger partial charge on any atom is -0.494 e. The second kappa shape index (κ2) is 10.4. The minimum atomic E-state index is -0.0413. The van der Waals surface area contributed by atoms with Gasteiger partial charge in [-0.2, -0.15) is 5.10 Å². The van der Waals surface area contributed by atoms with Crippen LogP contribution in [0.4, 0.5) is 0 Å². The zero-order valence-electron chi connectivity index (χ0n) is 19.0. The first-order valence-corrected chi connectivity index (χ1v) is 12.3. The number of thiocarbonyl (C=S) groups is 1. The van der Waals surface area contributed by atoms with Crippen molar-refractivity contribution < 1.29 is 9.53 Å². The van der Waals surface area contributed by atoms with Crippen LogP contribution in [0.25, 0.3) is 23.0 Å². The summed E-state index contributed by atoms with van der Waals surface area (Å²) >= 11 is 6.83. The Bertz CT molecular complexity index is 1170. The van der Waals surface area contributed by atoms with E-state index in [2.05, 4.69) is 20.8 Å². The van der Waals surface area contributed by atoms with E-state index in [1.807, 2.05) is 71.6 Å². The molecule has 0 bridgehead atoms. The zero-order valence-corrected chi connectivity index (χ0v) is 20.7. The minimum absolute atomic E-state index is 0.0413. The lowest BCUT2D eigenvalue weighted by Gasteiger charge is -2.16. The molecule has 0 saturated carbocycles. The smallest absolute Gasteiger partial charge is 0.266 e. The van der Waals surface area contributed by atoms with Crippen LogP contribution in [0, 0.1) is 5.92 Å². The van der Waals surface area contributed by atoms with E-state index in [1.165, 1.54) is 11.8 Å². The number of carbonyl (C=O) groups is 1. The van der Waals surface area contributed by atoms with Crippen LogP contribution in [-0.4, -0.2) is 38.1 Å². The lowest BCUT2D eigenvalue weighted by atomic mass is 10.1. The van der Waals surface area contributed by atoms with Gasteiger partial charge in [0.15, 0.2) is 0 Å². The van der Waals surface area contributed by atoms with E-state index < -0.39 is 0 Å². The van der Waals surface area contributed by atoms with Crippen molar-refractivity contribution in [2.45, 2.75) is 27.2 Å². The van der Waals surface area contributed by atoms with Gasteiger partial charge in [0.1, 0.15) is 10.1 Å². The van der Waals surface area contributed by atoms with Gasteiger partial charge in [-0.1, -0.05) is 63.0 Å². The van der Waals surface area contributed by atoms with Crippen molar-refractivity contribution in [3.05, 3.63) is 71.3 Å². The van der Waals surface area contributed by atoms with Crippen molar-refractivity contribution >= 4 is 40.3 Å². The molecule has 33 heavy (non-hydrogen) atoms. The molecule has 7 heteroatoms. The molecule has 1 saturated heterocycles. The Labute approximate surface area is 204 Å². The summed E-state index contributed by atoms with van der Waals surface area (Å²) in [5.41, 5.74) is 3.58. The molecule has 4 rings (SSSR count). The monoisotopic (exact) mass is 477 g/mol. The molecule has 170 valence electrons. The van der Waals surface area contributed by atoms with Crippen LogP contribution >= 0.6 is 24.0 Å². The Morgan fingerprint density at radius 2 is 1.85 bits per heavy atom. The van der Waals surface area contributed by atoms with E-state index in [0.717, 1.165) is 34.7 Å². The maximum atomic E-state index is 13.0. The number of benzene rings is 2. The van der Waals surface area contributed by atoms with Crippen molar-refractivity contribution in [1.82, 2.24) is 14.7 Å². The third-order valence-electron chi connectivity index (χ3n) is 5.07. The number of para-hydroxylation sites is 1. The number of aromatic nitrogens is 2. The van der Waals surface area contributed by atoms with Gasteiger partial charge >= 0.3 is 0 Å². The Hall–Kier alpha value is -2.90. The molecule has 3 aromatic rings. The highest BCUT2D eigenvalue weighted by Crippen LogP contribution is 2.35. The number of hydrogen-bond donors (Lipinski definition) is 0. The van der Waals surface area contributed by atoms with Crippen LogP contribution in [0.5, 0.6) is 5.75 Å². The molecule has 1 fully saturated rings. The third kappa shape index (κ3) is 5.37. The predicted molar refractivity (Wildman–Crippen MR) is 140 cm³/mol. The highest BCUT2D eigenvalue weighted by Gasteiger charge is 2.32. The summed E-state index contributed by atoms with van der Waals surface area (Å²) in [5.74, 6) is 1.14. The van der Waals surface area contributed by atoms with Gasteiger partial charge in [-0.3, -0.25) is 9.69 Å². The molecule has 1 aliphatic heterocycles. The standard InChI is InChI=1S/C26H27N3O2S2/c1-4-14-31-22-12-10-19(11-13-22)24-20(17-29(27-24)21-8-6-5-7-9-21)15-23-25(30)28(16-18(2)3)26(32)33-23/h5-13,15,17-18H,4,14,16H2,1-3H3/b23-15-. The van der Waals surface area contributed by atoms with Crippen LogP contribution < -0.4 is 4.74 Å². The summed E-state index contributed by atoms with van der Waals surface area (Å²) in [6, 6.07) is 17.9. The van der Waals surface area contributed by atoms with Gasteiger partial charge in [-0.25, -0.2) is 4.68 Å². The van der Waals surface area contributed by atoms with Gasteiger partial charge in [0, 0.05) is 23.9 Å². The Balaban J connectivity index is 1.72. The topological polar surface area (TPSA) is 47.4 Å². The summed E-state index contributed by atoms with van der Waals surface area (Å²) < 4.78 is 8.17. The number of nitrogens with zero attached hydrogens (tertiary/aromatic N) is 3. The molecule has 0 unspecified atom stereocenters. The van der Waals surface area contributed by atoms with Crippen LogP contribution in [0.15, 0.2) is 65.7 Å². The first kappa shape index (κ1) is 23.3. The summed E-state index contributed by atoms with van der Waals surface area (Å²) in [6.07, 6.45) is 4.83. The Morgan fingerprint density at radius 3 is 2.52 bits per heavy atom. The predicted octanol–water partition coefficient (Wildman–Crippen LogP) is 6.19. The number of thioether (sulfide) groups is 1. The number of hydrogen-bond acceptors (Lipinski definition) is 5. The zero-order chi connectivity index (χ0) is 23.4. The molecule has 1 aromatic heterocycles. The number of rotatable bonds is 8. The van der Waals surface area contributed by atoms with Gasteiger partial charge in [-0.05, 0) is 54.8 Å². The fraction of sp³-hybridized carbons (Fsp3) is 0.269. The lowest BCUT2D eigenvalue weighted by Crippen LogP contribution is -2.31. The molecule has 0 aliphatic carbocycles. The molecule has 0 spiro atoms. The van der Waals surface area contributed by atoms with Gasteiger partial charge in [-0.15, -0.1) is 0 Å². The van der Waals surface area contributed by atoms with Crippen LogP contribution in [0.2, 0.25) is 0 Å². The average molecular weight is 478 g/mol. The number of ether oxygens (including phenoxy) is 1. The van der Waals surface area contributed by atoms with E-state index >= 15 is 0 Å². The number of carbonyl (C=O) groups excluding carboxylic acids is 1. The molecule has 5 nitrogen and oxygen atoms in total. The van der Waals surface area contributed by atoms with Gasteiger partial charge in [0.2, 0.25) is 0 Å². The molecule has 1 aliphatic rings. The van der Waals surface area contributed by atoms with E-state index in [9.17, 15) is 4.79 Å². The maximum absolute atomic E-state index is 13.0. The summed E-state index contributed by atoms with van der Waals surface area (Å²) in [5, 5.41) is 4.86. The molecule has 2 heterocycles. The van der Waals surface area contributed by atoms with E-state index in [0.29, 0.717) is 28.3 Å². The van der Waals surface area contributed by atoms with Gasteiger partial charge < -0.3 is 4.74 Å². The third-order valence-corrected chi connectivity index (χ3v) is 6.45. The second-order valence-electron chi connectivity index (χ2n) is 8.27. The summed E-state index contributed by atoms with van der Waals surface area (Å²) in [4.78, 5) is 15.3. The van der Waals surface area contributed by atoms with Crippen molar-refractivity contribution in [3.63, 3.8) is 0 Å². The largest absolute Gasteiger partial charge is 0.494 e. The fourth-order valence-corrected chi connectivity index (χ4v) is 4.79. The summed E-state index contributed by atoms with van der Waals surface area (Å²) in [7, 11) is 0. The van der Waals surface area contributed by atoms with E-state index in [4.69, 9.17) is 22.1 Å². The highest BCUT2D eigenvalue weighted by atomic mass is 32.2. The van der Waals surface area contributed by atoms with Crippen molar-refractivity contribution in [1.29, 1.82) is 0 Å². The molecule has 0 radical (unpaired) electrons. The second-order valence-corrected chi connectivity index (χ2v) is 9.95. The Kier molecular flexibility index (Phi) is 7.30. The molecule has 1 amide bonds. The SMILES string of the molecule is CCCOc1ccc(-c2nn(-c3ccccc3)cc2/C=C2\SC(=S)N(CC(C)C)C2=O)cc1. The average Bonchev–Trinajstić information content (AvgIpc) is 3.35. The molecule has 2 aromatic carbocycles. The molecular weight excluding hydrogens is 450 g/mol. The van der Waals surface area contributed by atoms with Crippen molar-refractivity contribution in [2.24, 2.45) is 5.92 Å². The first-order valence-electron chi connectivity index (χ1n) is 11.1. The van der Waals surface area contributed by atoms with Gasteiger partial charge in [0.25, 0.3) is 5.91 Å². The highest BCUT2D eigenvalue weighted by molar-refractivity contribution is 8.26. The molecule has 0 N–H and O–H groups in total. The van der Waals surface area contributed by atoms with E-state index in [-0.39, 0.29) is 5.91 Å². The fourth-order valence-electron chi connectivity index (χ4n) is 3.52. The van der Waals surface area contributed by atoms with Crippen LogP contribution in [-0.2, 0) is 4.79 Å². The number of amides is 1. The van der Waals surface area contributed by atoms with Crippen molar-refractivity contribution in [3.8, 4) is 22.7 Å². The maximum Gasteiger partial charge on any atom is 0.266 e. The summed E-state index contributed by atoms with van der Waals surface area (Å²) in [6.45, 7) is 7.56.